The summed E-state index contributed by atoms with van der Waals surface area (Å²) in [6.45, 7) is 3.15. The molecule has 50 valence electrons. The summed E-state index contributed by atoms with van der Waals surface area (Å²) in [5.41, 5.74) is 0. The fraction of sp³-hybridized carbons (Fsp3) is 0.500. The fourth-order valence-corrected chi connectivity index (χ4v) is 0.505. The summed E-state index contributed by atoms with van der Waals surface area (Å²) in [7, 11) is -3.78. The summed E-state index contributed by atoms with van der Waals surface area (Å²) in [4.78, 5) is 16.1. The van der Waals surface area contributed by atoms with E-state index in [0.717, 1.165) is 0 Å². The van der Waals surface area contributed by atoms with E-state index in [1.165, 1.54) is 6.08 Å². The Balaban J connectivity index is 0. The molecule has 0 aromatic heterocycles. The SMILES string of the molecule is C.C=CCP(=O)(O)O. The van der Waals surface area contributed by atoms with E-state index in [-0.39, 0.29) is 13.6 Å². The highest BCUT2D eigenvalue weighted by Gasteiger charge is 2.06. The summed E-state index contributed by atoms with van der Waals surface area (Å²) in [5.74, 6) is 0. The van der Waals surface area contributed by atoms with Crippen LogP contribution in [0.1, 0.15) is 7.43 Å². The molecule has 8 heavy (non-hydrogen) atoms. The molecule has 0 unspecified atom stereocenters. The first-order valence-electron chi connectivity index (χ1n) is 1.72. The van der Waals surface area contributed by atoms with Gasteiger partial charge in [0.1, 0.15) is 0 Å². The third-order valence-electron chi connectivity index (χ3n) is 0.367. The first kappa shape index (κ1) is 10.8. The first-order valence-corrected chi connectivity index (χ1v) is 3.51. The van der Waals surface area contributed by atoms with Gasteiger partial charge >= 0.3 is 7.60 Å². The molecular formula is C4H11O3P. The molecule has 0 aliphatic heterocycles. The lowest BCUT2D eigenvalue weighted by atomic mass is 10.8. The van der Waals surface area contributed by atoms with Crippen molar-refractivity contribution in [3.05, 3.63) is 12.7 Å². The predicted molar refractivity (Wildman–Crippen MR) is 33.8 cm³/mol. The zero-order valence-electron chi connectivity index (χ0n) is 3.74. The van der Waals surface area contributed by atoms with Crippen LogP contribution in [0, 0.1) is 0 Å². The second kappa shape index (κ2) is 3.84. The third kappa shape index (κ3) is 9.31. The summed E-state index contributed by atoms with van der Waals surface area (Å²) >= 11 is 0. The molecule has 0 saturated carbocycles. The van der Waals surface area contributed by atoms with Crippen LogP contribution in [0.3, 0.4) is 0 Å². The fourth-order valence-electron chi connectivity index (χ4n) is 0.168. The van der Waals surface area contributed by atoms with E-state index in [1.54, 1.807) is 0 Å². The monoisotopic (exact) mass is 138 g/mol. The minimum atomic E-state index is -3.78. The number of hydrogen-bond acceptors (Lipinski definition) is 1. The molecule has 0 bridgehead atoms. The molecule has 3 nitrogen and oxygen atoms in total. The second-order valence-corrected chi connectivity index (χ2v) is 2.83. The van der Waals surface area contributed by atoms with Crippen molar-refractivity contribution in [3.63, 3.8) is 0 Å². The largest absolute Gasteiger partial charge is 0.329 e. The van der Waals surface area contributed by atoms with E-state index in [1.807, 2.05) is 0 Å². The van der Waals surface area contributed by atoms with Crippen LogP contribution in [0.15, 0.2) is 12.7 Å². The van der Waals surface area contributed by atoms with Crippen molar-refractivity contribution in [2.45, 2.75) is 7.43 Å². The smallest absolute Gasteiger partial charge is 0.324 e. The van der Waals surface area contributed by atoms with Crippen molar-refractivity contribution >= 4 is 7.60 Å². The van der Waals surface area contributed by atoms with Gasteiger partial charge in [0.15, 0.2) is 0 Å². The molecular weight excluding hydrogens is 127 g/mol. The van der Waals surface area contributed by atoms with Crippen molar-refractivity contribution in [1.82, 2.24) is 0 Å². The Morgan fingerprint density at radius 1 is 1.62 bits per heavy atom. The van der Waals surface area contributed by atoms with Gasteiger partial charge in [-0.3, -0.25) is 4.57 Å². The van der Waals surface area contributed by atoms with E-state index < -0.39 is 7.60 Å². The van der Waals surface area contributed by atoms with Crippen molar-refractivity contribution in [1.29, 1.82) is 0 Å². The lowest BCUT2D eigenvalue weighted by Crippen LogP contribution is -1.78. The maximum atomic E-state index is 9.85. The van der Waals surface area contributed by atoms with Crippen LogP contribution in [0.2, 0.25) is 0 Å². The quantitative estimate of drug-likeness (QED) is 0.441. The Morgan fingerprint density at radius 2 is 2.00 bits per heavy atom. The van der Waals surface area contributed by atoms with Crippen LogP contribution >= 0.6 is 7.60 Å². The Labute approximate surface area is 49.2 Å². The molecule has 0 aromatic rings. The minimum Gasteiger partial charge on any atom is -0.324 e. The molecule has 0 aliphatic rings. The van der Waals surface area contributed by atoms with Crippen molar-refractivity contribution < 1.29 is 14.4 Å². The third-order valence-corrected chi connectivity index (χ3v) is 1.10. The number of hydrogen-bond donors (Lipinski definition) is 2. The molecule has 0 spiro atoms. The van der Waals surface area contributed by atoms with Gasteiger partial charge in [0.25, 0.3) is 0 Å². The van der Waals surface area contributed by atoms with E-state index >= 15 is 0 Å². The summed E-state index contributed by atoms with van der Waals surface area (Å²) in [6, 6.07) is 0. The van der Waals surface area contributed by atoms with Gasteiger partial charge in [-0.2, -0.15) is 0 Å². The molecule has 0 aromatic carbocycles. The number of allylic oxidation sites excluding steroid dienone is 1. The van der Waals surface area contributed by atoms with Gasteiger partial charge in [-0.05, 0) is 0 Å². The normalized spacial score (nSPS) is 9.75. The average molecular weight is 138 g/mol. The van der Waals surface area contributed by atoms with Crippen molar-refractivity contribution in [3.8, 4) is 0 Å². The summed E-state index contributed by atoms with van der Waals surface area (Å²) < 4.78 is 9.85. The molecule has 0 heterocycles. The van der Waals surface area contributed by atoms with Gasteiger partial charge < -0.3 is 9.79 Å². The van der Waals surface area contributed by atoms with Gasteiger partial charge in [-0.1, -0.05) is 13.5 Å². The van der Waals surface area contributed by atoms with E-state index in [2.05, 4.69) is 6.58 Å². The molecule has 0 fully saturated rings. The Hall–Kier alpha value is -0.110. The molecule has 4 heteroatoms. The van der Waals surface area contributed by atoms with E-state index in [0.29, 0.717) is 0 Å². The highest BCUT2D eigenvalue weighted by Crippen LogP contribution is 2.33. The van der Waals surface area contributed by atoms with Crippen LogP contribution < -0.4 is 0 Å². The minimum absolute atomic E-state index is 0. The van der Waals surface area contributed by atoms with Crippen molar-refractivity contribution in [2.75, 3.05) is 6.16 Å². The molecule has 0 rings (SSSR count). The van der Waals surface area contributed by atoms with Crippen molar-refractivity contribution in [2.24, 2.45) is 0 Å². The molecule has 0 radical (unpaired) electrons. The van der Waals surface area contributed by atoms with Crippen LogP contribution in [0.4, 0.5) is 0 Å². The van der Waals surface area contributed by atoms with E-state index in [9.17, 15) is 4.57 Å². The highest BCUT2D eigenvalue weighted by atomic mass is 31.2. The average Bonchev–Trinajstić information content (AvgIpc) is 1.30. The standard InChI is InChI=1S/C3H7O3P.CH4/c1-2-3-7(4,5)6;/h2H,1,3H2,(H2,4,5,6);1H4. The van der Waals surface area contributed by atoms with Gasteiger partial charge in [0, 0.05) is 0 Å². The maximum absolute atomic E-state index is 9.85. The lowest BCUT2D eigenvalue weighted by molar-refractivity contribution is 0.377. The van der Waals surface area contributed by atoms with Gasteiger partial charge in [-0.25, -0.2) is 0 Å². The molecule has 0 amide bonds. The zero-order chi connectivity index (χ0) is 5.91. The molecule has 0 aliphatic carbocycles. The van der Waals surface area contributed by atoms with Crippen LogP contribution in [0.5, 0.6) is 0 Å². The van der Waals surface area contributed by atoms with Crippen LogP contribution in [-0.2, 0) is 4.57 Å². The van der Waals surface area contributed by atoms with E-state index in [4.69, 9.17) is 9.79 Å². The van der Waals surface area contributed by atoms with Crippen LogP contribution in [0.25, 0.3) is 0 Å². The zero-order valence-corrected chi connectivity index (χ0v) is 4.64. The van der Waals surface area contributed by atoms with Crippen LogP contribution in [-0.4, -0.2) is 15.9 Å². The van der Waals surface area contributed by atoms with Gasteiger partial charge in [-0.15, -0.1) is 6.58 Å². The van der Waals surface area contributed by atoms with Gasteiger partial charge in [0.05, 0.1) is 6.16 Å². The topological polar surface area (TPSA) is 57.5 Å². The Morgan fingerprint density at radius 3 is 2.00 bits per heavy atom. The predicted octanol–water partition coefficient (Wildman–Crippen LogP) is 0.986. The summed E-state index contributed by atoms with van der Waals surface area (Å²) in [6.07, 6.45) is 0.966. The van der Waals surface area contributed by atoms with Gasteiger partial charge in [0.2, 0.25) is 0 Å². The molecule has 0 saturated heterocycles. The second-order valence-electron chi connectivity index (χ2n) is 1.14. The Kier molecular flexibility index (Phi) is 5.18. The lowest BCUT2D eigenvalue weighted by Gasteiger charge is -1.94. The Bertz CT molecular complexity index is 104. The first-order chi connectivity index (χ1) is 3.06. The maximum Gasteiger partial charge on any atom is 0.329 e. The molecule has 0 atom stereocenters. The number of rotatable bonds is 2. The summed E-state index contributed by atoms with van der Waals surface area (Å²) in [5, 5.41) is 0. The highest BCUT2D eigenvalue weighted by molar-refractivity contribution is 7.51. The molecule has 2 N–H and O–H groups in total.